The number of aliphatic hydroxyl groups excluding tert-OH is 1. The van der Waals surface area contributed by atoms with E-state index >= 15 is 0 Å². The Bertz CT molecular complexity index is 1090. The van der Waals surface area contributed by atoms with E-state index in [1.165, 1.54) is 0 Å². The smallest absolute Gasteiger partial charge is 0.167 e. The Morgan fingerprint density at radius 1 is 1.07 bits per heavy atom. The van der Waals surface area contributed by atoms with Gasteiger partial charge in [-0.1, -0.05) is 43.3 Å². The third-order valence-electron chi connectivity index (χ3n) is 4.60. The highest BCUT2D eigenvalue weighted by Gasteiger charge is 2.22. The molecule has 0 saturated carbocycles. The lowest BCUT2D eigenvalue weighted by Gasteiger charge is -2.18. The highest BCUT2D eigenvalue weighted by atomic mass is 35.5. The van der Waals surface area contributed by atoms with Crippen molar-refractivity contribution in [3.63, 3.8) is 0 Å². The zero-order valence-corrected chi connectivity index (χ0v) is 16.0. The van der Waals surface area contributed by atoms with Gasteiger partial charge in [-0.05, 0) is 35.9 Å². The Kier molecular flexibility index (Phi) is 6.42. The minimum absolute atomic E-state index is 0. The first-order chi connectivity index (χ1) is 13.7. The second-order valence-electron chi connectivity index (χ2n) is 6.34. The summed E-state index contributed by atoms with van der Waals surface area (Å²) in [5.41, 5.74) is 3.04. The number of H-pyrrole nitrogens is 1. The number of aromatic amines is 1. The molecule has 4 rings (SSSR count). The summed E-state index contributed by atoms with van der Waals surface area (Å²) in [5.74, 6) is 1.06. The Morgan fingerprint density at radius 3 is 2.62 bits per heavy atom. The summed E-state index contributed by atoms with van der Waals surface area (Å²) >= 11 is 5.95. The maximum Gasteiger partial charge on any atom is 0.167 e. The monoisotopic (exact) mass is 410 g/mol. The van der Waals surface area contributed by atoms with Crippen molar-refractivity contribution in [1.29, 1.82) is 0 Å². The van der Waals surface area contributed by atoms with Crippen molar-refractivity contribution in [3.8, 4) is 11.5 Å². The molecule has 0 fully saturated rings. The number of nitrogens with one attached hydrogen (secondary N) is 1. The summed E-state index contributed by atoms with van der Waals surface area (Å²) in [4.78, 5) is 7.38. The van der Waals surface area contributed by atoms with E-state index in [2.05, 4.69) is 9.97 Å². The fourth-order valence-corrected chi connectivity index (χ4v) is 3.30. The van der Waals surface area contributed by atoms with Crippen LogP contribution in [0.3, 0.4) is 0 Å². The van der Waals surface area contributed by atoms with Gasteiger partial charge in [0.15, 0.2) is 11.5 Å². The van der Waals surface area contributed by atoms with Crippen molar-refractivity contribution < 1.29 is 14.6 Å². The molecular formula is C23H23ClN2O3. The van der Waals surface area contributed by atoms with Crippen molar-refractivity contribution >= 4 is 22.6 Å². The Balaban J connectivity index is 0.00000240. The summed E-state index contributed by atoms with van der Waals surface area (Å²) in [6.45, 7) is 0.326. The number of fused-ring (bicyclic) bond motifs is 1. The van der Waals surface area contributed by atoms with E-state index in [4.69, 9.17) is 21.1 Å². The van der Waals surface area contributed by atoms with Gasteiger partial charge in [0.1, 0.15) is 18.4 Å². The van der Waals surface area contributed by atoms with E-state index in [0.717, 1.165) is 22.2 Å². The maximum absolute atomic E-state index is 11.1. The normalized spacial score (nSPS) is 11.7. The Morgan fingerprint density at radius 2 is 1.86 bits per heavy atom. The summed E-state index contributed by atoms with van der Waals surface area (Å²) in [6.07, 6.45) is 2.58. The average molecular weight is 411 g/mol. The van der Waals surface area contributed by atoms with Gasteiger partial charge in [0, 0.05) is 33.9 Å². The van der Waals surface area contributed by atoms with Gasteiger partial charge in [-0.3, -0.25) is 0 Å². The second kappa shape index (κ2) is 8.99. The van der Waals surface area contributed by atoms with Crippen molar-refractivity contribution in [2.24, 2.45) is 0 Å². The van der Waals surface area contributed by atoms with E-state index in [1.807, 2.05) is 54.6 Å². The first-order valence-electron chi connectivity index (χ1n) is 8.81. The molecule has 2 heterocycles. The minimum atomic E-state index is -0.895. The quantitative estimate of drug-likeness (QED) is 0.439. The molecule has 0 aliphatic heterocycles. The molecule has 29 heavy (non-hydrogen) atoms. The van der Waals surface area contributed by atoms with Crippen LogP contribution in [0.1, 0.15) is 30.2 Å². The first kappa shape index (κ1) is 20.7. The van der Waals surface area contributed by atoms with E-state index in [-0.39, 0.29) is 7.43 Å². The molecule has 0 saturated heterocycles. The van der Waals surface area contributed by atoms with Crippen molar-refractivity contribution in [2.75, 3.05) is 7.11 Å². The van der Waals surface area contributed by atoms with Crippen molar-refractivity contribution in [1.82, 2.24) is 9.97 Å². The third-order valence-corrected chi connectivity index (χ3v) is 4.85. The van der Waals surface area contributed by atoms with Gasteiger partial charge in [-0.2, -0.15) is 0 Å². The molecule has 2 aromatic carbocycles. The fraction of sp³-hybridized carbons (Fsp3) is 0.174. The van der Waals surface area contributed by atoms with Crippen molar-refractivity contribution in [2.45, 2.75) is 20.1 Å². The molecule has 150 valence electrons. The molecule has 2 aromatic heterocycles. The lowest BCUT2D eigenvalue weighted by molar-refractivity contribution is 0.207. The number of halogens is 1. The molecular weight excluding hydrogens is 388 g/mol. The van der Waals surface area contributed by atoms with Gasteiger partial charge in [0.2, 0.25) is 0 Å². The number of para-hydroxylation sites is 1. The first-order valence-corrected chi connectivity index (χ1v) is 9.19. The van der Waals surface area contributed by atoms with E-state index in [9.17, 15) is 5.11 Å². The topological polar surface area (TPSA) is 67.4 Å². The summed E-state index contributed by atoms with van der Waals surface area (Å²) in [7, 11) is 1.58. The molecule has 0 aliphatic carbocycles. The molecule has 4 aromatic rings. The summed E-state index contributed by atoms with van der Waals surface area (Å²) in [6, 6.07) is 16.7. The number of hydrogen-bond donors (Lipinski definition) is 2. The second-order valence-corrected chi connectivity index (χ2v) is 6.78. The summed E-state index contributed by atoms with van der Waals surface area (Å²) < 4.78 is 11.5. The Labute approximate surface area is 174 Å². The molecule has 0 bridgehead atoms. The highest BCUT2D eigenvalue weighted by molar-refractivity contribution is 6.30. The van der Waals surface area contributed by atoms with Crippen LogP contribution in [0.15, 0.2) is 67.0 Å². The molecule has 2 N–H and O–H groups in total. The predicted octanol–water partition coefficient (Wildman–Crippen LogP) is 5.52. The highest BCUT2D eigenvalue weighted by Crippen LogP contribution is 2.39. The number of aromatic nitrogens is 2. The standard InChI is InChI=1S/C22H19ClN2O3.CH4/c1-27-19-6-2-4-17(21(19)28-13-14-7-9-15(23)10-8-14)20(26)18-12-25-22-16(18)5-3-11-24-22;/h2-12,20,26H,13H2,1H3,(H,24,25);1H4. The molecule has 0 amide bonds. The molecule has 1 unspecified atom stereocenters. The number of rotatable bonds is 6. The number of aliphatic hydroxyl groups is 1. The Hall–Kier alpha value is -3.02. The van der Waals surface area contributed by atoms with Gasteiger partial charge in [0.25, 0.3) is 0 Å². The van der Waals surface area contributed by atoms with Crippen LogP contribution in [0.4, 0.5) is 0 Å². The molecule has 5 nitrogen and oxygen atoms in total. The average Bonchev–Trinajstić information content (AvgIpc) is 3.17. The van der Waals surface area contributed by atoms with Gasteiger partial charge in [0.05, 0.1) is 7.11 Å². The van der Waals surface area contributed by atoms with E-state index < -0.39 is 6.10 Å². The van der Waals surface area contributed by atoms with Crippen LogP contribution in [0, 0.1) is 0 Å². The van der Waals surface area contributed by atoms with Crippen LogP contribution in [0.5, 0.6) is 11.5 Å². The zero-order chi connectivity index (χ0) is 19.5. The number of hydrogen-bond acceptors (Lipinski definition) is 4. The molecule has 0 spiro atoms. The SMILES string of the molecule is C.COc1cccc(C(O)c2c[nH]c3ncccc23)c1OCc1ccc(Cl)cc1. The third kappa shape index (κ3) is 4.21. The van der Waals surface area contributed by atoms with E-state index in [0.29, 0.717) is 28.7 Å². The zero-order valence-electron chi connectivity index (χ0n) is 15.2. The van der Waals surface area contributed by atoms with Crippen LogP contribution < -0.4 is 9.47 Å². The lowest BCUT2D eigenvalue weighted by atomic mass is 10.0. The van der Waals surface area contributed by atoms with Crippen molar-refractivity contribution in [3.05, 3.63) is 88.7 Å². The van der Waals surface area contributed by atoms with Crippen LogP contribution >= 0.6 is 11.6 Å². The van der Waals surface area contributed by atoms with E-state index in [1.54, 1.807) is 19.5 Å². The number of benzene rings is 2. The fourth-order valence-electron chi connectivity index (χ4n) is 3.17. The number of ether oxygens (including phenoxy) is 2. The lowest BCUT2D eigenvalue weighted by Crippen LogP contribution is -2.06. The van der Waals surface area contributed by atoms with Crippen LogP contribution in [-0.2, 0) is 6.61 Å². The number of nitrogens with zero attached hydrogens (tertiary/aromatic N) is 1. The van der Waals surface area contributed by atoms with Gasteiger partial charge in [-0.15, -0.1) is 0 Å². The molecule has 0 radical (unpaired) electrons. The largest absolute Gasteiger partial charge is 0.493 e. The van der Waals surface area contributed by atoms with Gasteiger partial charge < -0.3 is 19.6 Å². The maximum atomic E-state index is 11.1. The number of pyridine rings is 1. The molecule has 6 heteroatoms. The molecule has 0 aliphatic rings. The van der Waals surface area contributed by atoms with Gasteiger partial charge in [-0.25, -0.2) is 4.98 Å². The number of methoxy groups -OCH3 is 1. The predicted molar refractivity (Wildman–Crippen MR) is 116 cm³/mol. The minimum Gasteiger partial charge on any atom is -0.493 e. The van der Waals surface area contributed by atoms with Crippen LogP contribution in [0.25, 0.3) is 11.0 Å². The van der Waals surface area contributed by atoms with Crippen LogP contribution in [-0.4, -0.2) is 22.2 Å². The summed E-state index contributed by atoms with van der Waals surface area (Å²) in [5, 5.41) is 12.6. The van der Waals surface area contributed by atoms with Crippen LogP contribution in [0.2, 0.25) is 5.02 Å². The molecule has 1 atom stereocenters. The van der Waals surface area contributed by atoms with Gasteiger partial charge >= 0.3 is 0 Å².